The van der Waals surface area contributed by atoms with E-state index in [1.807, 2.05) is 6.92 Å². The molecule has 0 spiro atoms. The van der Waals surface area contributed by atoms with Crippen LogP contribution in [-0.2, 0) is 52.2 Å². The van der Waals surface area contributed by atoms with Crippen molar-refractivity contribution in [2.45, 2.75) is 266 Å². The van der Waals surface area contributed by atoms with Crippen LogP contribution in [0, 0.1) is 50.2 Å². The summed E-state index contributed by atoms with van der Waals surface area (Å²) in [5.74, 6) is -0.759. The minimum absolute atomic E-state index is 0.111. The Hall–Kier alpha value is -1.79. The number of allylic oxidation sites excluding steroid dienone is 2. The topological polar surface area (TPSA) is 433 Å². The third-order valence-corrected chi connectivity index (χ3v) is 23.3. The molecule has 10 rings (SSSR count). The molecule has 86 heavy (non-hydrogen) atoms. The van der Waals surface area contributed by atoms with E-state index in [-0.39, 0.29) is 52.6 Å². The van der Waals surface area contributed by atoms with E-state index in [2.05, 4.69) is 40.7 Å². The second kappa shape index (κ2) is 24.9. The van der Waals surface area contributed by atoms with Gasteiger partial charge in [0.15, 0.2) is 25.2 Å². The summed E-state index contributed by atoms with van der Waals surface area (Å²) in [5, 5.41) is 173. The lowest BCUT2D eigenvalue weighted by Gasteiger charge is -2.71. The minimum Gasteiger partial charge on any atom is -0.432 e. The van der Waals surface area contributed by atoms with Crippen molar-refractivity contribution < 1.29 is 134 Å². The first-order chi connectivity index (χ1) is 40.4. The first-order valence-corrected chi connectivity index (χ1v) is 30.8. The van der Waals surface area contributed by atoms with Crippen LogP contribution in [0.2, 0.25) is 0 Å². The summed E-state index contributed by atoms with van der Waals surface area (Å²) in [6, 6.07) is 0. The Bertz CT molecular complexity index is 2380. The summed E-state index contributed by atoms with van der Waals surface area (Å²) in [4.78, 5) is 14.8. The van der Waals surface area contributed by atoms with E-state index < -0.39 is 190 Å². The van der Waals surface area contributed by atoms with Gasteiger partial charge < -0.3 is 129 Å². The van der Waals surface area contributed by atoms with Gasteiger partial charge in [-0.15, -0.1) is 0 Å². The molecule has 5 saturated heterocycles. The Labute approximate surface area is 499 Å². The third-order valence-electron chi connectivity index (χ3n) is 23.3. The molecule has 33 atom stereocenters. The zero-order valence-electron chi connectivity index (χ0n) is 50.0. The lowest BCUT2D eigenvalue weighted by atomic mass is 9.33. The van der Waals surface area contributed by atoms with Gasteiger partial charge in [0.2, 0.25) is 6.29 Å². The Balaban J connectivity index is 0.838. The molecule has 9 fully saturated rings. The molecule has 10 aliphatic rings. The van der Waals surface area contributed by atoms with Gasteiger partial charge in [-0.25, -0.2) is 0 Å². The van der Waals surface area contributed by atoms with Crippen LogP contribution in [0.3, 0.4) is 0 Å². The van der Waals surface area contributed by atoms with Gasteiger partial charge in [-0.2, -0.15) is 0 Å². The van der Waals surface area contributed by atoms with Gasteiger partial charge in [0.05, 0.1) is 50.7 Å². The molecule has 0 unspecified atom stereocenters. The van der Waals surface area contributed by atoms with Crippen molar-refractivity contribution >= 4 is 5.97 Å². The van der Waals surface area contributed by atoms with Crippen LogP contribution < -0.4 is 0 Å². The Morgan fingerprint density at radius 2 is 1.09 bits per heavy atom. The molecule has 0 aromatic carbocycles. The molecule has 5 aliphatic heterocycles. The van der Waals surface area contributed by atoms with Crippen molar-refractivity contribution in [3.8, 4) is 0 Å². The average molecular weight is 1240 g/mol. The standard InChI is InChI=1S/C59H96O27/c1-24-34(65)46(84-49-43(74)40(71)45(30(21-62)81-49)83-48-41(72)38(69)36(67)28(19-60)79-48)44(75)51(78-24)85-47-35(66)27(64)22-77-52(47)82-33-11-12-55(4)31(56(33,5)23-63)10-13-58(7)32(55)9-8-25-26-18-54(2,3)14-16-59(26,17-15-57(25,58)6)53(76)86-50-42(73)39(70)37(68)29(20-61)80-50/h8,24,26-52,60-75H,9-23H2,1-7H3/t24-,26-,27-,28+,29+,30+,31+,32+,33-,34-,35-,36+,37+,38-,39-,40+,41+,42+,43+,44+,45+,46+,47+,48-,49-,50-,51-,52-,55-,56-,57+,58+,59-/m0/s1. The first-order valence-electron chi connectivity index (χ1n) is 30.8. The fraction of sp³-hybridized carbons (Fsp3) is 0.949. The van der Waals surface area contributed by atoms with E-state index in [4.69, 9.17) is 47.4 Å². The number of aliphatic hydroxyl groups is 16. The lowest BCUT2D eigenvalue weighted by molar-refractivity contribution is -0.390. The number of fused-ring (bicyclic) bond motifs is 7. The fourth-order valence-electron chi connectivity index (χ4n) is 17.7. The van der Waals surface area contributed by atoms with Gasteiger partial charge >= 0.3 is 5.97 Å². The highest BCUT2D eigenvalue weighted by molar-refractivity contribution is 5.79. The second-order valence-electron chi connectivity index (χ2n) is 28.5. The maximum absolute atomic E-state index is 14.8. The van der Waals surface area contributed by atoms with Crippen LogP contribution >= 0.6 is 0 Å². The molecule has 4 saturated carbocycles. The molecule has 0 amide bonds. The number of carbonyl (C=O) groups is 1. The molecule has 5 heterocycles. The van der Waals surface area contributed by atoms with Crippen LogP contribution in [0.25, 0.3) is 0 Å². The molecular weight excluding hydrogens is 1140 g/mol. The van der Waals surface area contributed by atoms with Gasteiger partial charge in [0, 0.05) is 5.41 Å². The summed E-state index contributed by atoms with van der Waals surface area (Å²) in [6.45, 7) is 11.8. The van der Waals surface area contributed by atoms with E-state index in [1.54, 1.807) is 0 Å². The molecule has 27 nitrogen and oxygen atoms in total. The summed E-state index contributed by atoms with van der Waals surface area (Å²) in [7, 11) is 0. The number of hydrogen-bond acceptors (Lipinski definition) is 27. The van der Waals surface area contributed by atoms with Gasteiger partial charge in [-0.1, -0.05) is 53.2 Å². The van der Waals surface area contributed by atoms with Crippen LogP contribution in [0.15, 0.2) is 11.6 Å². The van der Waals surface area contributed by atoms with Crippen LogP contribution in [0.1, 0.15) is 113 Å². The van der Waals surface area contributed by atoms with Crippen molar-refractivity contribution in [2.75, 3.05) is 33.0 Å². The van der Waals surface area contributed by atoms with Gasteiger partial charge in [-0.3, -0.25) is 4.79 Å². The highest BCUT2D eigenvalue weighted by atomic mass is 16.8. The quantitative estimate of drug-likeness (QED) is 0.0454. The predicted molar refractivity (Wildman–Crippen MR) is 289 cm³/mol. The highest BCUT2D eigenvalue weighted by Gasteiger charge is 2.71. The fourth-order valence-corrected chi connectivity index (χ4v) is 17.7. The number of hydrogen-bond donors (Lipinski definition) is 16. The van der Waals surface area contributed by atoms with Gasteiger partial charge in [0.1, 0.15) is 110 Å². The zero-order valence-corrected chi connectivity index (χ0v) is 50.0. The molecule has 0 bridgehead atoms. The number of aliphatic hydroxyl groups excluding tert-OH is 16. The van der Waals surface area contributed by atoms with Crippen molar-refractivity contribution in [3.63, 3.8) is 0 Å². The Morgan fingerprint density at radius 1 is 0.535 bits per heavy atom. The van der Waals surface area contributed by atoms with Crippen molar-refractivity contribution in [1.82, 2.24) is 0 Å². The van der Waals surface area contributed by atoms with E-state index in [0.29, 0.717) is 51.4 Å². The summed E-state index contributed by atoms with van der Waals surface area (Å²) < 4.78 is 59.6. The van der Waals surface area contributed by atoms with Gasteiger partial charge in [-0.05, 0) is 111 Å². The molecular formula is C59H96O27. The monoisotopic (exact) mass is 1240 g/mol. The summed E-state index contributed by atoms with van der Waals surface area (Å²) in [6.07, 6.45) is -32.1. The smallest absolute Gasteiger partial charge is 0.315 e. The van der Waals surface area contributed by atoms with Crippen molar-refractivity contribution in [2.24, 2.45) is 50.2 Å². The average Bonchev–Trinajstić information content (AvgIpc) is 0.693. The minimum atomic E-state index is -2.04. The summed E-state index contributed by atoms with van der Waals surface area (Å²) >= 11 is 0. The van der Waals surface area contributed by atoms with E-state index >= 15 is 0 Å². The van der Waals surface area contributed by atoms with E-state index in [1.165, 1.54) is 12.5 Å². The molecule has 0 radical (unpaired) electrons. The number of rotatable bonds is 14. The van der Waals surface area contributed by atoms with Crippen LogP contribution in [0.5, 0.6) is 0 Å². The normalized spacial score (nSPS) is 54.8. The largest absolute Gasteiger partial charge is 0.432 e. The third kappa shape index (κ3) is 11.1. The molecule has 0 aromatic heterocycles. The Kier molecular flexibility index (Phi) is 19.4. The second-order valence-corrected chi connectivity index (χ2v) is 28.5. The SMILES string of the molecule is C[C@@H]1O[C@@H](O[C@H]2[C@H](O[C@H]3CC[C@@]4(C)[C@@H](CC[C@]5(C)[C@@H]4CC=C4[C@@H]6CC(C)(C)CC[C@]6(C(=O)O[C@@H]6O[C@H](CO)[C@@H](O)[C@H](O)[C@H]6O)CC[C@]45C)[C@]3(C)CO)OC[C@H](O)[C@@H]2O)[C@H](O)[C@H](O[C@@H]2O[C@H](CO)[C@@H](O[C@@H]3O[C@H](CO)[C@@H](O)[C@H](O)[C@H]3O)[C@H](O)[C@H]2O)[C@H]1O. The molecule has 0 aromatic rings. The van der Waals surface area contributed by atoms with Gasteiger partial charge in [0.25, 0.3) is 0 Å². The highest BCUT2D eigenvalue weighted by Crippen LogP contribution is 2.76. The zero-order chi connectivity index (χ0) is 62.7. The predicted octanol–water partition coefficient (Wildman–Crippen LogP) is -3.57. The molecule has 5 aliphatic carbocycles. The number of ether oxygens (including phenoxy) is 10. The van der Waals surface area contributed by atoms with E-state index in [0.717, 1.165) is 12.8 Å². The first kappa shape index (κ1) is 67.1. The molecule has 16 N–H and O–H groups in total. The number of esters is 1. The van der Waals surface area contributed by atoms with Crippen molar-refractivity contribution in [3.05, 3.63) is 11.6 Å². The maximum atomic E-state index is 14.8. The molecule has 494 valence electrons. The Morgan fingerprint density at radius 3 is 1.72 bits per heavy atom. The maximum Gasteiger partial charge on any atom is 0.315 e. The summed E-state index contributed by atoms with van der Waals surface area (Å²) in [5.41, 5.74) is -1.80. The molecule has 27 heteroatoms. The number of carbonyl (C=O) groups excluding carboxylic acids is 1. The van der Waals surface area contributed by atoms with Crippen molar-refractivity contribution in [1.29, 1.82) is 0 Å². The lowest BCUT2D eigenvalue weighted by Crippen LogP contribution is -2.67. The van der Waals surface area contributed by atoms with Crippen LogP contribution in [-0.4, -0.2) is 274 Å². The van der Waals surface area contributed by atoms with Crippen LogP contribution in [0.4, 0.5) is 0 Å². The van der Waals surface area contributed by atoms with E-state index in [9.17, 15) is 86.5 Å².